The molecule has 0 spiro atoms. The van der Waals surface area contributed by atoms with Gasteiger partial charge in [-0.25, -0.2) is 4.98 Å². The fraction of sp³-hybridized carbons (Fsp3) is 0.353. The number of aromatic nitrogens is 2. The lowest BCUT2D eigenvalue weighted by Crippen LogP contribution is -2.45. The predicted molar refractivity (Wildman–Crippen MR) is 167 cm³/mol. The van der Waals surface area contributed by atoms with Gasteiger partial charge in [0.2, 0.25) is 0 Å². The van der Waals surface area contributed by atoms with Crippen LogP contribution in [-0.2, 0) is 22.5 Å². The van der Waals surface area contributed by atoms with E-state index in [9.17, 15) is 9.59 Å². The molecule has 42 heavy (non-hydrogen) atoms. The molecule has 1 aliphatic heterocycles. The van der Waals surface area contributed by atoms with Gasteiger partial charge in [0.15, 0.2) is 0 Å². The minimum absolute atomic E-state index is 0.102. The van der Waals surface area contributed by atoms with Crippen LogP contribution in [0.25, 0.3) is 21.7 Å². The number of carbonyl (C=O) groups is 2. The molecule has 0 N–H and O–H groups in total. The number of nitrogens with zero attached hydrogens (tertiary/aromatic N) is 4. The molecular weight excluding hydrogens is 544 g/mol. The molecule has 4 aromatic rings. The zero-order chi connectivity index (χ0) is 29.5. The number of benzene rings is 2. The summed E-state index contributed by atoms with van der Waals surface area (Å²) in [7, 11) is 1.80. The van der Waals surface area contributed by atoms with Crippen molar-refractivity contribution in [2.45, 2.75) is 45.8 Å². The van der Waals surface area contributed by atoms with Crippen LogP contribution in [0, 0.1) is 5.92 Å². The Labute approximate surface area is 252 Å². The summed E-state index contributed by atoms with van der Waals surface area (Å²) < 4.78 is 5.90. The van der Waals surface area contributed by atoms with E-state index in [1.54, 1.807) is 24.3 Å². The second-order valence-electron chi connectivity index (χ2n) is 11.0. The molecule has 0 saturated carbocycles. The summed E-state index contributed by atoms with van der Waals surface area (Å²) in [5.74, 6) is 0.667. The Morgan fingerprint density at radius 3 is 2.45 bits per heavy atom. The van der Waals surface area contributed by atoms with Gasteiger partial charge in [0.1, 0.15) is 16.8 Å². The van der Waals surface area contributed by atoms with Crippen LogP contribution in [0.4, 0.5) is 0 Å². The summed E-state index contributed by atoms with van der Waals surface area (Å²) >= 11 is 1.46. The third kappa shape index (κ3) is 7.30. The number of hydrogen-bond acceptors (Lipinski definition) is 6. The SMILES string of the molecule is CCOC(Cc1ccc(-c2cccc(CN(C)C(=O)c3csc(-c4ccncc4)n3)c2)cc1)C(=O)N1CCC(C)CC1. The molecule has 3 heterocycles. The summed E-state index contributed by atoms with van der Waals surface area (Å²) in [5, 5.41) is 2.61. The van der Waals surface area contributed by atoms with Crippen molar-refractivity contribution in [3.63, 3.8) is 0 Å². The number of carbonyl (C=O) groups excluding carboxylic acids is 2. The molecule has 5 rings (SSSR count). The maximum absolute atomic E-state index is 13.2. The molecular formula is C34H38N4O3S. The molecule has 218 valence electrons. The van der Waals surface area contributed by atoms with Crippen molar-refractivity contribution >= 4 is 23.2 Å². The summed E-state index contributed by atoms with van der Waals surface area (Å²) in [4.78, 5) is 38.6. The lowest BCUT2D eigenvalue weighted by molar-refractivity contribution is -0.144. The molecule has 0 bridgehead atoms. The first-order chi connectivity index (χ1) is 20.4. The summed E-state index contributed by atoms with van der Waals surface area (Å²) in [6, 6.07) is 20.4. The molecule has 2 amide bonds. The second kappa shape index (κ2) is 13.9. The molecule has 0 radical (unpaired) electrons. The van der Waals surface area contributed by atoms with Gasteiger partial charge in [-0.2, -0.15) is 0 Å². The van der Waals surface area contributed by atoms with Gasteiger partial charge in [-0.05, 0) is 66.1 Å². The zero-order valence-electron chi connectivity index (χ0n) is 24.5. The molecule has 0 aliphatic carbocycles. The minimum atomic E-state index is -0.454. The van der Waals surface area contributed by atoms with E-state index in [2.05, 4.69) is 53.3 Å². The molecule has 2 aromatic heterocycles. The van der Waals surface area contributed by atoms with Gasteiger partial charge >= 0.3 is 0 Å². The van der Waals surface area contributed by atoms with Crippen LogP contribution in [-0.4, -0.2) is 64.4 Å². The van der Waals surface area contributed by atoms with E-state index < -0.39 is 6.10 Å². The standard InChI is InChI=1S/C34H38N4O3S/c1-4-41-31(34(40)38-18-14-24(2)15-19-38)21-25-8-10-27(11-9-25)29-7-5-6-26(20-29)22-37(3)33(39)30-23-42-32(36-30)28-12-16-35-17-13-28/h5-13,16-17,20,23-24,31H,4,14-15,18-19,21-22H2,1-3H3. The van der Waals surface area contributed by atoms with Gasteiger partial charge in [0, 0.05) is 63.0 Å². The average molecular weight is 583 g/mol. The van der Waals surface area contributed by atoms with Crippen molar-refractivity contribution in [2.24, 2.45) is 5.92 Å². The van der Waals surface area contributed by atoms with Crippen LogP contribution < -0.4 is 0 Å². The van der Waals surface area contributed by atoms with Crippen LogP contribution >= 0.6 is 11.3 Å². The van der Waals surface area contributed by atoms with Crippen LogP contribution in [0.1, 0.15) is 48.3 Å². The monoisotopic (exact) mass is 582 g/mol. The van der Waals surface area contributed by atoms with Crippen LogP contribution in [0.3, 0.4) is 0 Å². The Hall–Kier alpha value is -3.88. The van der Waals surface area contributed by atoms with Crippen molar-refractivity contribution in [2.75, 3.05) is 26.7 Å². The fourth-order valence-electron chi connectivity index (χ4n) is 5.29. The number of amides is 2. The van der Waals surface area contributed by atoms with E-state index in [-0.39, 0.29) is 11.8 Å². The quantitative estimate of drug-likeness (QED) is 0.218. The van der Waals surface area contributed by atoms with Crippen LogP contribution in [0.15, 0.2) is 78.4 Å². The number of pyridine rings is 1. The molecule has 2 aromatic carbocycles. The fourth-order valence-corrected chi connectivity index (χ4v) is 6.09. The number of thiazole rings is 1. The number of piperidine rings is 1. The second-order valence-corrected chi connectivity index (χ2v) is 11.8. The summed E-state index contributed by atoms with van der Waals surface area (Å²) in [6.45, 7) is 6.80. The molecule has 1 atom stereocenters. The van der Waals surface area contributed by atoms with E-state index in [1.165, 1.54) is 11.3 Å². The first-order valence-electron chi connectivity index (χ1n) is 14.6. The Balaban J connectivity index is 1.21. The van der Waals surface area contributed by atoms with Gasteiger partial charge < -0.3 is 14.5 Å². The largest absolute Gasteiger partial charge is 0.368 e. The highest BCUT2D eigenvalue weighted by Crippen LogP contribution is 2.25. The highest BCUT2D eigenvalue weighted by atomic mass is 32.1. The zero-order valence-corrected chi connectivity index (χ0v) is 25.3. The minimum Gasteiger partial charge on any atom is -0.368 e. The van der Waals surface area contributed by atoms with E-state index in [1.807, 2.05) is 41.5 Å². The highest BCUT2D eigenvalue weighted by molar-refractivity contribution is 7.13. The molecule has 1 aliphatic rings. The van der Waals surface area contributed by atoms with Crippen molar-refractivity contribution in [1.29, 1.82) is 0 Å². The Kier molecular flexibility index (Phi) is 9.77. The lowest BCUT2D eigenvalue weighted by Gasteiger charge is -2.33. The highest BCUT2D eigenvalue weighted by Gasteiger charge is 2.27. The Morgan fingerprint density at radius 2 is 1.74 bits per heavy atom. The first-order valence-corrected chi connectivity index (χ1v) is 15.5. The van der Waals surface area contributed by atoms with Gasteiger partial charge in [0.25, 0.3) is 11.8 Å². The first kappa shape index (κ1) is 29.6. The van der Waals surface area contributed by atoms with Crippen LogP contribution in [0.2, 0.25) is 0 Å². The number of hydrogen-bond donors (Lipinski definition) is 0. The predicted octanol–water partition coefficient (Wildman–Crippen LogP) is 6.35. The lowest BCUT2D eigenvalue weighted by atomic mass is 9.97. The van der Waals surface area contributed by atoms with Crippen molar-refractivity contribution in [1.82, 2.24) is 19.8 Å². The third-order valence-corrected chi connectivity index (χ3v) is 8.68. The van der Waals surface area contributed by atoms with Gasteiger partial charge in [-0.15, -0.1) is 11.3 Å². The Bertz CT molecular complexity index is 1480. The maximum atomic E-state index is 13.2. The normalized spacial score (nSPS) is 14.5. The van der Waals surface area contributed by atoms with Crippen molar-refractivity contribution in [3.8, 4) is 21.7 Å². The van der Waals surface area contributed by atoms with Crippen LogP contribution in [0.5, 0.6) is 0 Å². The molecule has 1 fully saturated rings. The summed E-state index contributed by atoms with van der Waals surface area (Å²) in [5.41, 5.74) is 5.67. The van der Waals surface area contributed by atoms with E-state index in [0.717, 1.165) is 58.8 Å². The third-order valence-electron chi connectivity index (χ3n) is 7.79. The number of rotatable bonds is 10. The topological polar surface area (TPSA) is 75.6 Å². The summed E-state index contributed by atoms with van der Waals surface area (Å²) in [6.07, 6.45) is 5.66. The Morgan fingerprint density at radius 1 is 1.00 bits per heavy atom. The van der Waals surface area contributed by atoms with E-state index in [4.69, 9.17) is 4.74 Å². The van der Waals surface area contributed by atoms with Gasteiger partial charge in [-0.3, -0.25) is 14.6 Å². The average Bonchev–Trinajstić information content (AvgIpc) is 3.52. The molecule has 1 unspecified atom stereocenters. The van der Waals surface area contributed by atoms with Crippen molar-refractivity contribution < 1.29 is 14.3 Å². The molecule has 8 heteroatoms. The van der Waals surface area contributed by atoms with Gasteiger partial charge in [0.05, 0.1) is 0 Å². The van der Waals surface area contributed by atoms with E-state index >= 15 is 0 Å². The van der Waals surface area contributed by atoms with Gasteiger partial charge in [-0.1, -0.05) is 49.4 Å². The molecule has 1 saturated heterocycles. The smallest absolute Gasteiger partial charge is 0.273 e. The maximum Gasteiger partial charge on any atom is 0.273 e. The number of likely N-dealkylation sites (tertiary alicyclic amines) is 1. The van der Waals surface area contributed by atoms with Crippen molar-refractivity contribution in [3.05, 3.63) is 95.3 Å². The molecule has 7 nitrogen and oxygen atoms in total. The number of ether oxygens (including phenoxy) is 1. The van der Waals surface area contributed by atoms with E-state index in [0.29, 0.717) is 31.2 Å².